The molecule has 5 heteroatoms. The normalized spacial score (nSPS) is 13.0. The first-order valence-electron chi connectivity index (χ1n) is 7.96. The van der Waals surface area contributed by atoms with Gasteiger partial charge in [0.05, 0.1) is 0 Å². The number of nitrogens with zero attached hydrogens (tertiary/aromatic N) is 1. The van der Waals surface area contributed by atoms with Crippen LogP contribution >= 0.6 is 0 Å². The maximum atomic E-state index is 12.4. The van der Waals surface area contributed by atoms with Gasteiger partial charge < -0.3 is 14.7 Å². The van der Waals surface area contributed by atoms with Crippen molar-refractivity contribution in [1.82, 2.24) is 9.88 Å². The van der Waals surface area contributed by atoms with Gasteiger partial charge in [-0.1, -0.05) is 34.7 Å². The Labute approximate surface area is 175 Å². The number of nitrogens with one attached hydrogen (secondary N) is 1. The Balaban J connectivity index is 0.00000168. The van der Waals surface area contributed by atoms with Crippen LogP contribution in [0.3, 0.4) is 0 Å². The number of imide groups is 1. The summed E-state index contributed by atoms with van der Waals surface area (Å²) in [7, 11) is 1.96. The Bertz CT molecular complexity index is 1210. The van der Waals surface area contributed by atoms with Crippen molar-refractivity contribution < 1.29 is 42.3 Å². The van der Waals surface area contributed by atoms with Gasteiger partial charge in [-0.2, -0.15) is 35.9 Å². The molecule has 0 aliphatic carbocycles. The number of aryl methyl sites for hydroxylation is 1. The molecule has 1 aromatic heterocycles. The molecule has 0 saturated heterocycles. The van der Waals surface area contributed by atoms with E-state index in [0.717, 1.165) is 32.9 Å². The molecule has 123 valence electrons. The number of benzene rings is 3. The molecular formula is C21H12N2O2Y-2. The molecule has 1 aliphatic rings. The summed E-state index contributed by atoms with van der Waals surface area (Å²) in [6.45, 7) is 0. The molecule has 0 unspecified atom stereocenters. The fourth-order valence-electron chi connectivity index (χ4n) is 3.68. The van der Waals surface area contributed by atoms with Gasteiger partial charge in [0.25, 0.3) is 0 Å². The van der Waals surface area contributed by atoms with Gasteiger partial charge in [-0.15, -0.1) is 6.07 Å². The summed E-state index contributed by atoms with van der Waals surface area (Å²) in [5.74, 6) is -0.756. The molecule has 0 saturated carbocycles. The van der Waals surface area contributed by atoms with Gasteiger partial charge in [0, 0.05) is 45.3 Å². The van der Waals surface area contributed by atoms with Crippen LogP contribution in [0.15, 0.2) is 48.5 Å². The van der Waals surface area contributed by atoms with E-state index >= 15 is 0 Å². The van der Waals surface area contributed by atoms with Crippen molar-refractivity contribution in [3.8, 4) is 11.1 Å². The van der Waals surface area contributed by atoms with Crippen LogP contribution in [0.2, 0.25) is 0 Å². The van der Waals surface area contributed by atoms with E-state index in [1.54, 1.807) is 0 Å². The van der Waals surface area contributed by atoms with Crippen molar-refractivity contribution in [2.75, 3.05) is 0 Å². The molecule has 0 fully saturated rings. The Morgan fingerprint density at radius 1 is 0.962 bits per heavy atom. The van der Waals surface area contributed by atoms with E-state index in [0.29, 0.717) is 11.1 Å². The Morgan fingerprint density at radius 2 is 1.73 bits per heavy atom. The first-order valence-corrected chi connectivity index (χ1v) is 7.96. The monoisotopic (exact) mass is 413 g/mol. The molecule has 1 radical (unpaired) electrons. The van der Waals surface area contributed by atoms with Crippen LogP contribution in [0.1, 0.15) is 20.7 Å². The zero-order valence-corrected chi connectivity index (χ0v) is 16.8. The molecule has 0 atom stereocenters. The third-order valence-electron chi connectivity index (χ3n) is 4.75. The number of amides is 2. The largest absolute Gasteiger partial charge is 0.384 e. The third-order valence-corrected chi connectivity index (χ3v) is 4.75. The van der Waals surface area contributed by atoms with E-state index in [4.69, 9.17) is 0 Å². The minimum absolute atomic E-state index is 0. The molecule has 2 amide bonds. The average Bonchev–Trinajstić information content (AvgIpc) is 3.10. The van der Waals surface area contributed by atoms with Gasteiger partial charge in [0.15, 0.2) is 5.91 Å². The molecule has 3 aromatic carbocycles. The third kappa shape index (κ3) is 2.22. The van der Waals surface area contributed by atoms with E-state index in [9.17, 15) is 9.59 Å². The van der Waals surface area contributed by atoms with Gasteiger partial charge in [0.2, 0.25) is 5.91 Å². The molecule has 4 aromatic rings. The standard InChI is InChI=1S/C21H12N2O2.Y/c1-23-16-10-6-5-9-13(16)17-18-15(20(24)22-21(18)25)11-14(19(17)23)12-7-3-2-4-8-12;/h2-7,9-10H,1H3,(H,22,24,25);/q-2;. The number of fused-ring (bicyclic) bond motifs is 5. The first-order chi connectivity index (χ1) is 12.2. The summed E-state index contributed by atoms with van der Waals surface area (Å²) in [6.07, 6.45) is 0. The van der Waals surface area contributed by atoms with Gasteiger partial charge in [-0.3, -0.25) is 4.79 Å². The average molecular weight is 413 g/mol. The van der Waals surface area contributed by atoms with Crippen LogP contribution in [0.4, 0.5) is 0 Å². The molecule has 2 heterocycles. The molecular weight excluding hydrogens is 401 g/mol. The van der Waals surface area contributed by atoms with Gasteiger partial charge >= 0.3 is 0 Å². The summed E-state index contributed by atoms with van der Waals surface area (Å²) in [5.41, 5.74) is 4.22. The van der Waals surface area contributed by atoms with Crippen LogP contribution < -0.4 is 5.32 Å². The Hall–Kier alpha value is -2.30. The minimum atomic E-state index is -0.396. The SMILES string of the molecule is Cn1c2ccccc2c2c3c([c-]c(-c4[c-]cccc4)c21)C(=O)NC3=O.[Y]. The van der Waals surface area contributed by atoms with Crippen LogP contribution in [0, 0.1) is 12.1 Å². The fourth-order valence-corrected chi connectivity index (χ4v) is 3.68. The van der Waals surface area contributed by atoms with Crippen molar-refractivity contribution in [2.24, 2.45) is 7.05 Å². The number of carbonyl (C=O) groups is 2. The predicted octanol–water partition coefficient (Wildman–Crippen LogP) is 3.48. The molecule has 0 bridgehead atoms. The predicted molar refractivity (Wildman–Crippen MR) is 95.3 cm³/mol. The topological polar surface area (TPSA) is 51.1 Å². The van der Waals surface area contributed by atoms with Gasteiger partial charge in [-0.05, 0) is 17.0 Å². The van der Waals surface area contributed by atoms with E-state index < -0.39 is 5.91 Å². The van der Waals surface area contributed by atoms with Crippen molar-refractivity contribution in [3.05, 3.63) is 71.8 Å². The summed E-state index contributed by atoms with van der Waals surface area (Å²) < 4.78 is 2.05. The van der Waals surface area contributed by atoms with E-state index in [1.807, 2.05) is 60.1 Å². The van der Waals surface area contributed by atoms with E-state index in [1.165, 1.54) is 0 Å². The summed E-state index contributed by atoms with van der Waals surface area (Å²) in [6, 6.07) is 21.9. The van der Waals surface area contributed by atoms with Crippen LogP contribution in [0.5, 0.6) is 0 Å². The number of rotatable bonds is 1. The van der Waals surface area contributed by atoms with E-state index in [2.05, 4.69) is 17.4 Å². The van der Waals surface area contributed by atoms with E-state index in [-0.39, 0.29) is 38.6 Å². The number of carbonyl (C=O) groups excluding carboxylic acids is 2. The maximum Gasteiger partial charge on any atom is 0.218 e. The number of hydrogen-bond donors (Lipinski definition) is 1. The second-order valence-electron chi connectivity index (χ2n) is 6.11. The van der Waals surface area contributed by atoms with Gasteiger partial charge in [-0.25, -0.2) is 5.56 Å². The summed E-state index contributed by atoms with van der Waals surface area (Å²) in [4.78, 5) is 24.7. The van der Waals surface area contributed by atoms with Crippen molar-refractivity contribution in [2.45, 2.75) is 0 Å². The Morgan fingerprint density at radius 3 is 2.50 bits per heavy atom. The summed E-state index contributed by atoms with van der Waals surface area (Å²) >= 11 is 0. The van der Waals surface area contributed by atoms with Gasteiger partial charge in [0.1, 0.15) is 0 Å². The molecule has 4 nitrogen and oxygen atoms in total. The number of para-hydroxylation sites is 1. The van der Waals surface area contributed by atoms with Crippen LogP contribution in [-0.2, 0) is 39.8 Å². The van der Waals surface area contributed by atoms with Crippen LogP contribution in [-0.4, -0.2) is 16.4 Å². The van der Waals surface area contributed by atoms with Crippen molar-refractivity contribution in [3.63, 3.8) is 0 Å². The molecule has 1 N–H and O–H groups in total. The Kier molecular flexibility index (Phi) is 4.05. The smallest absolute Gasteiger partial charge is 0.218 e. The zero-order chi connectivity index (χ0) is 17.1. The molecule has 0 spiro atoms. The molecule has 26 heavy (non-hydrogen) atoms. The number of aromatic nitrogens is 1. The second-order valence-corrected chi connectivity index (χ2v) is 6.11. The first kappa shape index (κ1) is 17.1. The maximum absolute atomic E-state index is 12.4. The quantitative estimate of drug-likeness (QED) is 0.384. The second kappa shape index (κ2) is 6.15. The number of hydrogen-bond acceptors (Lipinski definition) is 2. The van der Waals surface area contributed by atoms with Crippen molar-refractivity contribution >= 4 is 33.6 Å². The molecule has 5 rings (SSSR count). The fraction of sp³-hybridized carbons (Fsp3) is 0.0476. The minimum Gasteiger partial charge on any atom is -0.384 e. The summed E-state index contributed by atoms with van der Waals surface area (Å²) in [5, 5.41) is 4.14. The molecule has 1 aliphatic heterocycles. The zero-order valence-electron chi connectivity index (χ0n) is 14.0. The van der Waals surface area contributed by atoms with Crippen LogP contribution in [0.25, 0.3) is 32.9 Å². The van der Waals surface area contributed by atoms with Crippen molar-refractivity contribution in [1.29, 1.82) is 0 Å².